The third-order valence-corrected chi connectivity index (χ3v) is 3.92. The lowest BCUT2D eigenvalue weighted by Crippen LogP contribution is -2.00. The molecule has 2 aromatic rings. The lowest BCUT2D eigenvalue weighted by molar-refractivity contribution is 0.0983. The molecule has 2 rings (SSSR count). The van der Waals surface area contributed by atoms with Gasteiger partial charge in [0.1, 0.15) is 17.2 Å². The number of aromatic nitrogens is 1. The zero-order chi connectivity index (χ0) is 15.5. The van der Waals surface area contributed by atoms with Crippen molar-refractivity contribution >= 4 is 15.6 Å². The van der Waals surface area contributed by atoms with Crippen LogP contribution in [0.4, 0.5) is 0 Å². The van der Waals surface area contributed by atoms with Crippen molar-refractivity contribution in [3.63, 3.8) is 0 Å². The molecule has 0 N–H and O–H groups in total. The molecule has 0 saturated carbocycles. The second kappa shape index (κ2) is 6.05. The minimum Gasteiger partial charge on any atom is -0.456 e. The quantitative estimate of drug-likeness (QED) is 0.794. The molecule has 0 amide bonds. The van der Waals surface area contributed by atoms with Crippen LogP contribution in [0.1, 0.15) is 23.8 Å². The molecule has 0 bridgehead atoms. The average Bonchev–Trinajstić information content (AvgIpc) is 2.47. The first-order valence-corrected chi connectivity index (χ1v) is 8.26. The molecule has 21 heavy (non-hydrogen) atoms. The van der Waals surface area contributed by atoms with Gasteiger partial charge in [-0.05, 0) is 30.3 Å². The highest BCUT2D eigenvalue weighted by Crippen LogP contribution is 2.23. The van der Waals surface area contributed by atoms with Crippen LogP contribution >= 0.6 is 0 Å². The highest BCUT2D eigenvalue weighted by atomic mass is 32.2. The number of ether oxygens (including phenoxy) is 1. The highest BCUT2D eigenvalue weighted by Gasteiger charge is 2.09. The van der Waals surface area contributed by atoms with E-state index in [1.54, 1.807) is 31.2 Å². The smallest absolute Gasteiger partial charge is 0.180 e. The van der Waals surface area contributed by atoms with Crippen molar-refractivity contribution in [2.45, 2.75) is 18.2 Å². The van der Waals surface area contributed by atoms with Gasteiger partial charge in [-0.3, -0.25) is 4.79 Å². The van der Waals surface area contributed by atoms with Crippen LogP contribution in [-0.2, 0) is 9.84 Å². The molecule has 0 radical (unpaired) electrons. The van der Waals surface area contributed by atoms with E-state index in [1.807, 2.05) is 0 Å². The van der Waals surface area contributed by atoms with Crippen LogP contribution in [-0.4, -0.2) is 25.4 Å². The molecule has 110 valence electrons. The van der Waals surface area contributed by atoms with E-state index < -0.39 is 9.84 Å². The molecule has 6 heteroatoms. The molecule has 1 aromatic heterocycles. The fourth-order valence-electron chi connectivity index (χ4n) is 1.69. The molecule has 0 aliphatic heterocycles. The van der Waals surface area contributed by atoms with Gasteiger partial charge in [-0.1, -0.05) is 13.0 Å². The van der Waals surface area contributed by atoms with Gasteiger partial charge in [-0.25, -0.2) is 13.4 Å². The van der Waals surface area contributed by atoms with E-state index in [-0.39, 0.29) is 10.7 Å². The van der Waals surface area contributed by atoms with E-state index in [0.717, 1.165) is 6.26 Å². The molecule has 5 nitrogen and oxygen atoms in total. The first kappa shape index (κ1) is 15.2. The number of benzene rings is 1. The molecule has 0 aliphatic rings. The summed E-state index contributed by atoms with van der Waals surface area (Å²) in [6, 6.07) is 9.42. The fourth-order valence-corrected chi connectivity index (χ4v) is 2.35. The zero-order valence-corrected chi connectivity index (χ0v) is 12.6. The second-order valence-corrected chi connectivity index (χ2v) is 6.52. The number of nitrogens with zero attached hydrogens (tertiary/aromatic N) is 1. The fraction of sp³-hybridized carbons (Fsp3) is 0.200. The Morgan fingerprint density at radius 1 is 1.19 bits per heavy atom. The van der Waals surface area contributed by atoms with Gasteiger partial charge in [0.15, 0.2) is 15.6 Å². The van der Waals surface area contributed by atoms with E-state index in [9.17, 15) is 13.2 Å². The molecule has 0 spiro atoms. The van der Waals surface area contributed by atoms with E-state index >= 15 is 0 Å². The summed E-state index contributed by atoms with van der Waals surface area (Å²) in [4.78, 5) is 15.7. The van der Waals surface area contributed by atoms with E-state index in [0.29, 0.717) is 23.6 Å². The summed E-state index contributed by atoms with van der Waals surface area (Å²) in [6.07, 6.45) is 2.97. The van der Waals surface area contributed by atoms with Crippen LogP contribution < -0.4 is 4.74 Å². The second-order valence-electron chi connectivity index (χ2n) is 4.50. The molecule has 0 aliphatic carbocycles. The number of carbonyl (C=O) groups is 1. The summed E-state index contributed by atoms with van der Waals surface area (Å²) in [6.45, 7) is 1.77. The monoisotopic (exact) mass is 305 g/mol. The summed E-state index contributed by atoms with van der Waals surface area (Å²) in [7, 11) is -3.28. The van der Waals surface area contributed by atoms with Gasteiger partial charge in [0.25, 0.3) is 0 Å². The Morgan fingerprint density at radius 2 is 1.95 bits per heavy atom. The van der Waals surface area contributed by atoms with Crippen LogP contribution in [0.2, 0.25) is 0 Å². The Kier molecular flexibility index (Phi) is 4.37. The number of sulfone groups is 1. The maximum Gasteiger partial charge on any atom is 0.180 e. The lowest BCUT2D eigenvalue weighted by Gasteiger charge is -2.07. The average molecular weight is 305 g/mol. The molecule has 0 fully saturated rings. The van der Waals surface area contributed by atoms with E-state index in [2.05, 4.69) is 4.98 Å². The van der Waals surface area contributed by atoms with Crippen LogP contribution in [0.15, 0.2) is 47.5 Å². The normalized spacial score (nSPS) is 11.1. The molecule has 1 aromatic carbocycles. The van der Waals surface area contributed by atoms with Crippen LogP contribution in [0.25, 0.3) is 0 Å². The summed E-state index contributed by atoms with van der Waals surface area (Å²) in [5.74, 6) is 0.795. The third-order valence-electron chi connectivity index (χ3n) is 2.81. The Labute approximate surface area is 123 Å². The van der Waals surface area contributed by atoms with Crippen LogP contribution in [0, 0.1) is 0 Å². The van der Waals surface area contributed by atoms with Gasteiger partial charge in [0.05, 0.1) is 11.1 Å². The van der Waals surface area contributed by atoms with Crippen molar-refractivity contribution in [3.8, 4) is 11.5 Å². The van der Waals surface area contributed by atoms with E-state index in [1.165, 1.54) is 18.3 Å². The largest absolute Gasteiger partial charge is 0.456 e. The van der Waals surface area contributed by atoms with Gasteiger partial charge >= 0.3 is 0 Å². The van der Waals surface area contributed by atoms with Gasteiger partial charge in [-0.2, -0.15) is 0 Å². The number of hydrogen-bond acceptors (Lipinski definition) is 5. The highest BCUT2D eigenvalue weighted by molar-refractivity contribution is 7.90. The van der Waals surface area contributed by atoms with Crippen molar-refractivity contribution in [1.82, 2.24) is 4.98 Å². The van der Waals surface area contributed by atoms with E-state index in [4.69, 9.17) is 4.74 Å². The summed E-state index contributed by atoms with van der Waals surface area (Å²) >= 11 is 0. The molecule has 0 saturated heterocycles. The minimum atomic E-state index is -3.28. The summed E-state index contributed by atoms with van der Waals surface area (Å²) in [5, 5.41) is 0. The van der Waals surface area contributed by atoms with Crippen LogP contribution in [0.3, 0.4) is 0 Å². The number of hydrogen-bond donors (Lipinski definition) is 0. The SMILES string of the molecule is CCC(=O)c1ccc(Oc2cccc(S(C)(=O)=O)c2)cn1. The molecular weight excluding hydrogens is 290 g/mol. The number of rotatable bonds is 5. The van der Waals surface area contributed by atoms with Crippen molar-refractivity contribution in [3.05, 3.63) is 48.3 Å². The maximum atomic E-state index is 11.5. The van der Waals surface area contributed by atoms with Gasteiger partial charge in [0.2, 0.25) is 0 Å². The minimum absolute atomic E-state index is 0.0411. The summed E-state index contributed by atoms with van der Waals surface area (Å²) < 4.78 is 28.5. The molecule has 0 atom stereocenters. The number of Topliss-reactive ketones (excluding diaryl/α,β-unsaturated/α-hetero) is 1. The summed E-state index contributed by atoms with van der Waals surface area (Å²) in [5.41, 5.74) is 0.384. The number of ketones is 1. The lowest BCUT2D eigenvalue weighted by atomic mass is 10.2. The molecular formula is C15H15NO4S. The van der Waals surface area contributed by atoms with Crippen molar-refractivity contribution < 1.29 is 17.9 Å². The van der Waals surface area contributed by atoms with Crippen molar-refractivity contribution in [1.29, 1.82) is 0 Å². The number of carbonyl (C=O) groups excluding carboxylic acids is 1. The van der Waals surface area contributed by atoms with Crippen molar-refractivity contribution in [2.75, 3.05) is 6.26 Å². The molecule has 0 unspecified atom stereocenters. The molecule has 1 heterocycles. The Balaban J connectivity index is 2.21. The topological polar surface area (TPSA) is 73.3 Å². The predicted molar refractivity (Wildman–Crippen MR) is 78.5 cm³/mol. The van der Waals surface area contributed by atoms with Gasteiger partial charge < -0.3 is 4.74 Å². The van der Waals surface area contributed by atoms with Crippen molar-refractivity contribution in [2.24, 2.45) is 0 Å². The maximum absolute atomic E-state index is 11.5. The first-order chi connectivity index (χ1) is 9.90. The van der Waals surface area contributed by atoms with Crippen LogP contribution in [0.5, 0.6) is 11.5 Å². The zero-order valence-electron chi connectivity index (χ0n) is 11.7. The number of pyridine rings is 1. The Bertz CT molecular complexity index is 751. The van der Waals surface area contributed by atoms with Gasteiger partial charge in [-0.15, -0.1) is 0 Å². The third kappa shape index (κ3) is 3.88. The van der Waals surface area contributed by atoms with Gasteiger partial charge in [0, 0.05) is 12.7 Å². The first-order valence-electron chi connectivity index (χ1n) is 6.37. The Hall–Kier alpha value is -2.21. The standard InChI is InChI=1S/C15H15NO4S/c1-3-15(17)14-8-7-12(10-16-14)20-11-5-4-6-13(9-11)21(2,18)19/h4-10H,3H2,1-2H3. The predicted octanol–water partition coefficient (Wildman–Crippen LogP) is 2.87. The Morgan fingerprint density at radius 3 is 2.52 bits per heavy atom.